The lowest BCUT2D eigenvalue weighted by Crippen LogP contribution is -2.52. The first-order valence-electron chi connectivity index (χ1n) is 11.1. The zero-order valence-corrected chi connectivity index (χ0v) is 18.5. The van der Waals surface area contributed by atoms with E-state index in [1.165, 1.54) is 0 Å². The van der Waals surface area contributed by atoms with Gasteiger partial charge in [0.2, 0.25) is 5.91 Å². The molecule has 0 spiro atoms. The summed E-state index contributed by atoms with van der Waals surface area (Å²) in [7, 11) is 0. The first-order chi connectivity index (χ1) is 15.8. The molecule has 0 aliphatic carbocycles. The van der Waals surface area contributed by atoms with Gasteiger partial charge in [-0.25, -0.2) is 9.97 Å². The standard InChI is InChI=1S/C23H24N6O2S/c30-22(16-5-8-29(9-6-16)23-26-18-3-1-2-4-19(18)31-23)28-12-10-27(11-13-28)20-17-7-14-32-21(17)25-15-24-20/h1-4,7,14-16H,5-6,8-13H2. The molecule has 2 fully saturated rings. The molecule has 164 valence electrons. The van der Waals surface area contributed by atoms with Crippen LogP contribution in [0.25, 0.3) is 21.3 Å². The van der Waals surface area contributed by atoms with Gasteiger partial charge in [0.1, 0.15) is 22.5 Å². The number of benzene rings is 1. The van der Waals surface area contributed by atoms with Crippen molar-refractivity contribution in [3.05, 3.63) is 42.0 Å². The number of amides is 1. The fourth-order valence-electron chi connectivity index (χ4n) is 4.74. The summed E-state index contributed by atoms with van der Waals surface area (Å²) in [6.45, 7) is 4.66. The van der Waals surface area contributed by atoms with Gasteiger partial charge in [0.05, 0.1) is 5.39 Å². The number of nitrogens with zero attached hydrogens (tertiary/aromatic N) is 6. The molecule has 0 unspecified atom stereocenters. The molecule has 1 amide bonds. The van der Waals surface area contributed by atoms with Gasteiger partial charge in [0.15, 0.2) is 5.58 Å². The topological polar surface area (TPSA) is 78.6 Å². The molecule has 8 nitrogen and oxygen atoms in total. The third-order valence-electron chi connectivity index (χ3n) is 6.53. The number of anilines is 2. The van der Waals surface area contributed by atoms with E-state index in [1.807, 2.05) is 29.2 Å². The summed E-state index contributed by atoms with van der Waals surface area (Å²) in [6, 6.07) is 10.6. The van der Waals surface area contributed by atoms with E-state index in [-0.39, 0.29) is 11.8 Å². The van der Waals surface area contributed by atoms with E-state index in [4.69, 9.17) is 4.42 Å². The van der Waals surface area contributed by atoms with Crippen molar-refractivity contribution in [2.75, 3.05) is 49.1 Å². The lowest BCUT2D eigenvalue weighted by Gasteiger charge is -2.38. The van der Waals surface area contributed by atoms with Gasteiger partial charge < -0.3 is 19.1 Å². The van der Waals surface area contributed by atoms with E-state index in [1.54, 1.807) is 17.7 Å². The number of carbonyl (C=O) groups is 1. The molecule has 6 rings (SSSR count). The number of oxazole rings is 1. The van der Waals surface area contributed by atoms with Crippen LogP contribution in [0.15, 0.2) is 46.5 Å². The highest BCUT2D eigenvalue weighted by molar-refractivity contribution is 7.16. The number of piperazine rings is 1. The molecule has 0 radical (unpaired) electrons. The predicted molar refractivity (Wildman–Crippen MR) is 125 cm³/mol. The van der Waals surface area contributed by atoms with Crippen LogP contribution in [0, 0.1) is 5.92 Å². The molecule has 5 heterocycles. The molecular weight excluding hydrogens is 424 g/mol. The second kappa shape index (κ2) is 8.05. The molecule has 4 aromatic rings. The molecule has 0 bridgehead atoms. The van der Waals surface area contributed by atoms with Crippen molar-refractivity contribution in [3.63, 3.8) is 0 Å². The summed E-state index contributed by atoms with van der Waals surface area (Å²) in [5.41, 5.74) is 1.68. The maximum atomic E-state index is 13.2. The van der Waals surface area contributed by atoms with E-state index < -0.39 is 0 Å². The van der Waals surface area contributed by atoms with Gasteiger partial charge in [-0.3, -0.25) is 4.79 Å². The van der Waals surface area contributed by atoms with Crippen LogP contribution in [0.3, 0.4) is 0 Å². The summed E-state index contributed by atoms with van der Waals surface area (Å²) in [4.78, 5) is 34.1. The normalized spacial score (nSPS) is 18.1. The maximum Gasteiger partial charge on any atom is 0.298 e. The second-order valence-corrected chi connectivity index (χ2v) is 9.27. The quantitative estimate of drug-likeness (QED) is 0.475. The molecular formula is C23H24N6O2S. The Balaban J connectivity index is 1.06. The highest BCUT2D eigenvalue weighted by atomic mass is 32.1. The van der Waals surface area contributed by atoms with E-state index in [2.05, 4.69) is 36.2 Å². The summed E-state index contributed by atoms with van der Waals surface area (Å²) < 4.78 is 5.90. The Labute approximate surface area is 189 Å². The minimum absolute atomic E-state index is 0.0739. The average Bonchev–Trinajstić information content (AvgIpc) is 3.51. The van der Waals surface area contributed by atoms with Crippen LogP contribution in [0.2, 0.25) is 0 Å². The zero-order valence-electron chi connectivity index (χ0n) is 17.7. The van der Waals surface area contributed by atoms with Crippen LogP contribution in [0.1, 0.15) is 12.8 Å². The van der Waals surface area contributed by atoms with Crippen molar-refractivity contribution in [1.29, 1.82) is 0 Å². The van der Waals surface area contributed by atoms with Crippen LogP contribution in [-0.4, -0.2) is 65.0 Å². The molecule has 32 heavy (non-hydrogen) atoms. The molecule has 2 aliphatic rings. The molecule has 0 saturated carbocycles. The summed E-state index contributed by atoms with van der Waals surface area (Å²) in [5.74, 6) is 1.34. The number of hydrogen-bond acceptors (Lipinski definition) is 8. The number of hydrogen-bond donors (Lipinski definition) is 0. The minimum Gasteiger partial charge on any atom is -0.423 e. The van der Waals surface area contributed by atoms with Crippen molar-refractivity contribution >= 4 is 50.4 Å². The van der Waals surface area contributed by atoms with Crippen molar-refractivity contribution < 1.29 is 9.21 Å². The minimum atomic E-state index is 0.0739. The SMILES string of the molecule is O=C(C1CCN(c2nc3ccccc3o2)CC1)N1CCN(c2ncnc3sccc23)CC1. The average molecular weight is 449 g/mol. The molecule has 0 N–H and O–H groups in total. The van der Waals surface area contributed by atoms with Crippen molar-refractivity contribution in [1.82, 2.24) is 19.9 Å². The number of para-hydroxylation sites is 2. The Hall–Kier alpha value is -3.20. The molecule has 2 aliphatic heterocycles. The molecule has 9 heteroatoms. The number of rotatable bonds is 3. The Bertz CT molecular complexity index is 1220. The second-order valence-electron chi connectivity index (χ2n) is 8.37. The van der Waals surface area contributed by atoms with Crippen molar-refractivity contribution in [3.8, 4) is 0 Å². The van der Waals surface area contributed by atoms with Gasteiger partial charge in [-0.05, 0) is 36.4 Å². The molecule has 2 saturated heterocycles. The fraction of sp³-hybridized carbons (Fsp3) is 0.391. The first kappa shape index (κ1) is 19.5. The Morgan fingerprint density at radius 3 is 2.59 bits per heavy atom. The third-order valence-corrected chi connectivity index (χ3v) is 7.35. The third kappa shape index (κ3) is 3.46. The molecule has 3 aromatic heterocycles. The first-order valence-corrected chi connectivity index (χ1v) is 12.0. The van der Waals surface area contributed by atoms with E-state index in [0.717, 1.165) is 79.2 Å². The van der Waals surface area contributed by atoms with Crippen molar-refractivity contribution in [2.24, 2.45) is 5.92 Å². The van der Waals surface area contributed by atoms with Crippen LogP contribution in [-0.2, 0) is 4.79 Å². The van der Waals surface area contributed by atoms with Gasteiger partial charge in [-0.15, -0.1) is 11.3 Å². The summed E-state index contributed by atoms with van der Waals surface area (Å²) in [6.07, 6.45) is 3.30. The number of carbonyl (C=O) groups excluding carboxylic acids is 1. The summed E-state index contributed by atoms with van der Waals surface area (Å²) in [5, 5.41) is 3.15. The van der Waals surface area contributed by atoms with E-state index in [9.17, 15) is 4.79 Å². The highest BCUT2D eigenvalue weighted by Gasteiger charge is 2.32. The monoisotopic (exact) mass is 448 g/mol. The van der Waals surface area contributed by atoms with Crippen molar-refractivity contribution in [2.45, 2.75) is 12.8 Å². The molecule has 0 atom stereocenters. The maximum absolute atomic E-state index is 13.2. The largest absolute Gasteiger partial charge is 0.423 e. The van der Waals surface area contributed by atoms with Gasteiger partial charge in [0.25, 0.3) is 6.01 Å². The van der Waals surface area contributed by atoms with Crippen LogP contribution >= 0.6 is 11.3 Å². The lowest BCUT2D eigenvalue weighted by molar-refractivity contribution is -0.136. The van der Waals surface area contributed by atoms with Gasteiger partial charge >= 0.3 is 0 Å². The number of aromatic nitrogens is 3. The van der Waals surface area contributed by atoms with Gasteiger partial charge in [0, 0.05) is 45.2 Å². The highest BCUT2D eigenvalue weighted by Crippen LogP contribution is 2.29. The Morgan fingerprint density at radius 1 is 0.969 bits per heavy atom. The number of piperidine rings is 1. The van der Waals surface area contributed by atoms with Crippen LogP contribution in [0.5, 0.6) is 0 Å². The fourth-order valence-corrected chi connectivity index (χ4v) is 5.47. The number of thiophene rings is 1. The van der Waals surface area contributed by atoms with Crippen LogP contribution in [0.4, 0.5) is 11.8 Å². The summed E-state index contributed by atoms with van der Waals surface area (Å²) >= 11 is 1.63. The Morgan fingerprint density at radius 2 is 1.78 bits per heavy atom. The van der Waals surface area contributed by atoms with E-state index in [0.29, 0.717) is 6.01 Å². The van der Waals surface area contributed by atoms with Gasteiger partial charge in [-0.2, -0.15) is 4.98 Å². The number of fused-ring (bicyclic) bond motifs is 2. The van der Waals surface area contributed by atoms with Gasteiger partial charge in [-0.1, -0.05) is 12.1 Å². The Kier molecular flexibility index (Phi) is 4.90. The lowest BCUT2D eigenvalue weighted by atomic mass is 9.95. The molecule has 1 aromatic carbocycles. The smallest absolute Gasteiger partial charge is 0.298 e. The van der Waals surface area contributed by atoms with E-state index >= 15 is 0 Å². The predicted octanol–water partition coefficient (Wildman–Crippen LogP) is 3.40. The van der Waals surface area contributed by atoms with Crippen LogP contribution < -0.4 is 9.80 Å². The zero-order chi connectivity index (χ0) is 21.5.